The zero-order valence-electron chi connectivity index (χ0n) is 20.4. The SMILES string of the molecule is CC(C)N(CCC(=O)O)C(=O)CC1CCCC1NC(=O)OCC1c2ccccc2-c2ccccc21. The van der Waals surface area contributed by atoms with E-state index in [9.17, 15) is 14.4 Å². The lowest BCUT2D eigenvalue weighted by Crippen LogP contribution is -2.43. The number of fused-ring (bicyclic) bond motifs is 3. The zero-order valence-corrected chi connectivity index (χ0v) is 20.4. The number of carbonyl (C=O) groups is 3. The third-order valence-corrected chi connectivity index (χ3v) is 7.25. The van der Waals surface area contributed by atoms with Crippen molar-refractivity contribution < 1.29 is 24.2 Å². The van der Waals surface area contributed by atoms with Crippen LogP contribution in [0.3, 0.4) is 0 Å². The van der Waals surface area contributed by atoms with Crippen LogP contribution in [-0.2, 0) is 14.3 Å². The van der Waals surface area contributed by atoms with Gasteiger partial charge in [0.15, 0.2) is 0 Å². The van der Waals surface area contributed by atoms with Crippen LogP contribution in [0.15, 0.2) is 48.5 Å². The molecule has 0 aromatic heterocycles. The Hall–Kier alpha value is -3.35. The van der Waals surface area contributed by atoms with E-state index in [1.165, 1.54) is 22.3 Å². The molecular weight excluding hydrogens is 444 g/mol. The summed E-state index contributed by atoms with van der Waals surface area (Å²) in [6.07, 6.45) is 2.36. The predicted molar refractivity (Wildman–Crippen MR) is 133 cm³/mol. The Bertz CT molecular complexity index is 1040. The highest BCUT2D eigenvalue weighted by Crippen LogP contribution is 2.44. The van der Waals surface area contributed by atoms with E-state index < -0.39 is 12.1 Å². The van der Waals surface area contributed by atoms with Gasteiger partial charge in [0.1, 0.15) is 6.61 Å². The molecule has 7 heteroatoms. The first-order valence-electron chi connectivity index (χ1n) is 12.5. The molecule has 0 bridgehead atoms. The van der Waals surface area contributed by atoms with Crippen LogP contribution in [-0.4, -0.2) is 53.2 Å². The third-order valence-electron chi connectivity index (χ3n) is 7.25. The van der Waals surface area contributed by atoms with Gasteiger partial charge in [-0.1, -0.05) is 55.0 Å². The fourth-order valence-electron chi connectivity index (χ4n) is 5.49. The number of carboxylic acid groups (broad SMARTS) is 1. The molecule has 0 radical (unpaired) electrons. The maximum absolute atomic E-state index is 12.9. The van der Waals surface area contributed by atoms with Crippen LogP contribution in [0.2, 0.25) is 0 Å². The van der Waals surface area contributed by atoms with Crippen LogP contribution in [0.25, 0.3) is 11.1 Å². The molecule has 0 spiro atoms. The standard InChI is InChI=1S/C28H34N2O5/c1-18(2)30(15-14-27(32)33)26(31)16-19-8-7-13-25(19)29-28(34)35-17-24-22-11-5-3-9-20(22)21-10-4-6-12-23(21)24/h3-6,9-12,18-19,24-25H,7-8,13-17H2,1-2H3,(H,29,34)(H,32,33). The quantitative estimate of drug-likeness (QED) is 0.540. The van der Waals surface area contributed by atoms with Crippen LogP contribution in [0.4, 0.5) is 4.79 Å². The number of hydrogen-bond donors (Lipinski definition) is 2. The summed E-state index contributed by atoms with van der Waals surface area (Å²) in [6, 6.07) is 16.2. The second kappa shape index (κ2) is 10.9. The van der Waals surface area contributed by atoms with Crippen LogP contribution >= 0.6 is 0 Å². The second-order valence-corrected chi connectivity index (χ2v) is 9.80. The van der Waals surface area contributed by atoms with Crippen LogP contribution in [0.5, 0.6) is 0 Å². The molecule has 1 saturated carbocycles. The summed E-state index contributed by atoms with van der Waals surface area (Å²) in [5, 5.41) is 12.0. The van der Waals surface area contributed by atoms with Crippen molar-refractivity contribution in [2.24, 2.45) is 5.92 Å². The summed E-state index contributed by atoms with van der Waals surface area (Å²) < 4.78 is 5.69. The van der Waals surface area contributed by atoms with Gasteiger partial charge in [-0.05, 0) is 54.9 Å². The number of carboxylic acids is 1. The molecule has 1 fully saturated rings. The highest BCUT2D eigenvalue weighted by molar-refractivity contribution is 5.79. The number of rotatable bonds is 9. The first-order chi connectivity index (χ1) is 16.8. The number of nitrogens with zero attached hydrogens (tertiary/aromatic N) is 1. The molecule has 35 heavy (non-hydrogen) atoms. The highest BCUT2D eigenvalue weighted by atomic mass is 16.5. The van der Waals surface area contributed by atoms with Crippen molar-refractivity contribution in [3.8, 4) is 11.1 Å². The molecule has 2 aromatic rings. The fraction of sp³-hybridized carbons (Fsp3) is 0.464. The Labute approximate surface area is 206 Å². The maximum atomic E-state index is 12.9. The van der Waals surface area contributed by atoms with Gasteiger partial charge in [0.2, 0.25) is 5.91 Å². The van der Waals surface area contributed by atoms with E-state index in [-0.39, 0.29) is 49.4 Å². The Morgan fingerprint density at radius 2 is 1.66 bits per heavy atom. The molecule has 0 saturated heterocycles. The maximum Gasteiger partial charge on any atom is 0.407 e. The lowest BCUT2D eigenvalue weighted by atomic mass is 9.98. The van der Waals surface area contributed by atoms with Crippen molar-refractivity contribution in [1.82, 2.24) is 10.2 Å². The van der Waals surface area contributed by atoms with E-state index in [1.807, 2.05) is 38.1 Å². The average Bonchev–Trinajstić information content (AvgIpc) is 3.39. The van der Waals surface area contributed by atoms with Gasteiger partial charge < -0.3 is 20.1 Å². The summed E-state index contributed by atoms with van der Waals surface area (Å²) in [5.74, 6) is -0.955. The first kappa shape index (κ1) is 24.8. The van der Waals surface area contributed by atoms with Crippen LogP contribution in [0.1, 0.15) is 63.0 Å². The summed E-state index contributed by atoms with van der Waals surface area (Å²) >= 11 is 0. The van der Waals surface area contributed by atoms with Gasteiger partial charge in [-0.3, -0.25) is 9.59 Å². The molecule has 2 atom stereocenters. The molecule has 2 aromatic carbocycles. The Morgan fingerprint density at radius 3 is 2.26 bits per heavy atom. The molecule has 2 N–H and O–H groups in total. The molecule has 4 rings (SSSR count). The molecule has 0 heterocycles. The Balaban J connectivity index is 1.33. The Kier molecular flexibility index (Phi) is 7.73. The van der Waals surface area contributed by atoms with Gasteiger partial charge in [0, 0.05) is 31.0 Å². The van der Waals surface area contributed by atoms with Gasteiger partial charge >= 0.3 is 12.1 Å². The minimum atomic E-state index is -0.917. The van der Waals surface area contributed by atoms with Gasteiger partial charge in [-0.2, -0.15) is 0 Å². The molecular formula is C28H34N2O5. The van der Waals surface area contributed by atoms with E-state index in [4.69, 9.17) is 9.84 Å². The third kappa shape index (κ3) is 5.66. The molecule has 2 unspecified atom stereocenters. The highest BCUT2D eigenvalue weighted by Gasteiger charge is 2.33. The first-order valence-corrected chi connectivity index (χ1v) is 12.5. The molecule has 0 aliphatic heterocycles. The number of nitrogens with one attached hydrogen (secondary N) is 1. The zero-order chi connectivity index (χ0) is 24.9. The molecule has 2 amide bonds. The van der Waals surface area contributed by atoms with Crippen molar-refractivity contribution in [3.63, 3.8) is 0 Å². The number of amides is 2. The topological polar surface area (TPSA) is 95.9 Å². The molecule has 7 nitrogen and oxygen atoms in total. The van der Waals surface area contributed by atoms with Gasteiger partial charge in [0.05, 0.1) is 6.42 Å². The lowest BCUT2D eigenvalue weighted by Gasteiger charge is -2.29. The number of benzene rings is 2. The second-order valence-electron chi connectivity index (χ2n) is 9.80. The van der Waals surface area contributed by atoms with E-state index in [1.54, 1.807) is 4.90 Å². The van der Waals surface area contributed by atoms with Crippen molar-refractivity contribution in [1.29, 1.82) is 0 Å². The normalized spacial score (nSPS) is 18.7. The van der Waals surface area contributed by atoms with Crippen molar-refractivity contribution in [3.05, 3.63) is 59.7 Å². The summed E-state index contributed by atoms with van der Waals surface area (Å²) in [4.78, 5) is 38.2. The van der Waals surface area contributed by atoms with Crippen molar-refractivity contribution in [2.75, 3.05) is 13.2 Å². The fourth-order valence-corrected chi connectivity index (χ4v) is 5.49. The van der Waals surface area contributed by atoms with E-state index in [2.05, 4.69) is 29.6 Å². The van der Waals surface area contributed by atoms with Gasteiger partial charge in [-0.15, -0.1) is 0 Å². The number of aliphatic carboxylic acids is 1. The van der Waals surface area contributed by atoms with Gasteiger partial charge in [0.25, 0.3) is 0 Å². The lowest BCUT2D eigenvalue weighted by molar-refractivity contribution is -0.139. The summed E-state index contributed by atoms with van der Waals surface area (Å²) in [7, 11) is 0. The number of alkyl carbamates (subject to hydrolysis) is 1. The van der Waals surface area contributed by atoms with Crippen molar-refractivity contribution >= 4 is 18.0 Å². The van der Waals surface area contributed by atoms with E-state index >= 15 is 0 Å². The van der Waals surface area contributed by atoms with E-state index in [0.717, 1.165) is 19.3 Å². The van der Waals surface area contributed by atoms with Gasteiger partial charge in [-0.25, -0.2) is 4.79 Å². The minimum Gasteiger partial charge on any atom is -0.481 e. The largest absolute Gasteiger partial charge is 0.481 e. The average molecular weight is 479 g/mol. The summed E-state index contributed by atoms with van der Waals surface area (Å²) in [5.41, 5.74) is 4.70. The van der Waals surface area contributed by atoms with Crippen LogP contribution in [0, 0.1) is 5.92 Å². The smallest absolute Gasteiger partial charge is 0.407 e. The molecule has 186 valence electrons. The molecule has 2 aliphatic rings. The predicted octanol–water partition coefficient (Wildman–Crippen LogP) is 4.80. The monoisotopic (exact) mass is 478 g/mol. The number of hydrogen-bond acceptors (Lipinski definition) is 4. The van der Waals surface area contributed by atoms with Crippen molar-refractivity contribution in [2.45, 2.75) is 64.0 Å². The number of ether oxygens (including phenoxy) is 1. The molecule has 2 aliphatic carbocycles. The van der Waals surface area contributed by atoms with Crippen LogP contribution < -0.4 is 5.32 Å². The minimum absolute atomic E-state index is 0.00272. The number of carbonyl (C=O) groups excluding carboxylic acids is 2. The van der Waals surface area contributed by atoms with E-state index in [0.29, 0.717) is 6.42 Å². The summed E-state index contributed by atoms with van der Waals surface area (Å²) in [6.45, 7) is 4.23. The Morgan fingerprint density at radius 1 is 1.03 bits per heavy atom.